The van der Waals surface area contributed by atoms with Crippen LogP contribution >= 0.6 is 11.6 Å². The zero-order valence-electron chi connectivity index (χ0n) is 11.1. The third kappa shape index (κ3) is 4.33. The number of nitro groups is 1. The Balaban J connectivity index is 1.74. The summed E-state index contributed by atoms with van der Waals surface area (Å²) >= 11 is 5.99. The van der Waals surface area contributed by atoms with E-state index in [9.17, 15) is 10.1 Å². The molecule has 6 nitrogen and oxygen atoms in total. The molecule has 1 aliphatic heterocycles. The van der Waals surface area contributed by atoms with Gasteiger partial charge in [0.2, 0.25) is 0 Å². The van der Waals surface area contributed by atoms with Crippen molar-refractivity contribution in [2.24, 2.45) is 0 Å². The Morgan fingerprint density at radius 3 is 2.85 bits per heavy atom. The monoisotopic (exact) mass is 299 g/mol. The third-order valence-electron chi connectivity index (χ3n) is 3.22. The minimum absolute atomic E-state index is 0.00787. The molecule has 0 aliphatic carbocycles. The predicted molar refractivity (Wildman–Crippen MR) is 78.4 cm³/mol. The number of rotatable bonds is 6. The maximum Gasteiger partial charge on any atom is 0.271 e. The van der Waals surface area contributed by atoms with Crippen molar-refractivity contribution in [1.82, 2.24) is 5.32 Å². The Kier molecular flexibility index (Phi) is 5.58. The summed E-state index contributed by atoms with van der Waals surface area (Å²) in [6.07, 6.45) is 2.40. The van der Waals surface area contributed by atoms with Gasteiger partial charge in [0.1, 0.15) is 0 Å². The van der Waals surface area contributed by atoms with Crippen LogP contribution in [-0.4, -0.2) is 37.3 Å². The van der Waals surface area contributed by atoms with E-state index in [2.05, 4.69) is 10.6 Å². The van der Waals surface area contributed by atoms with Gasteiger partial charge in [0.05, 0.1) is 28.3 Å². The first-order chi connectivity index (χ1) is 9.66. The van der Waals surface area contributed by atoms with Gasteiger partial charge in [-0.25, -0.2) is 0 Å². The summed E-state index contributed by atoms with van der Waals surface area (Å²) in [5.74, 6) is 0. The number of nitro benzene ring substituents is 1. The van der Waals surface area contributed by atoms with E-state index < -0.39 is 4.92 Å². The molecule has 0 amide bonds. The standard InChI is InChI=1S/C13H18ClN3O3/c14-12-9-10(17(18)19)1-2-13(12)16-7-8-20-11-3-5-15-6-4-11/h1-2,9,11,15-16H,3-8H2. The fourth-order valence-corrected chi connectivity index (χ4v) is 2.38. The molecule has 0 atom stereocenters. The molecular formula is C13H18ClN3O3. The molecule has 2 rings (SSSR count). The fourth-order valence-electron chi connectivity index (χ4n) is 2.13. The summed E-state index contributed by atoms with van der Waals surface area (Å²) in [5, 5.41) is 17.4. The predicted octanol–water partition coefficient (Wildman–Crippen LogP) is 2.43. The Hall–Kier alpha value is -1.37. The van der Waals surface area contributed by atoms with Gasteiger partial charge in [-0.1, -0.05) is 11.6 Å². The minimum atomic E-state index is -0.462. The average Bonchev–Trinajstić information content (AvgIpc) is 2.46. The molecule has 1 aromatic carbocycles. The van der Waals surface area contributed by atoms with Crippen LogP contribution in [0.1, 0.15) is 12.8 Å². The van der Waals surface area contributed by atoms with Crippen molar-refractivity contribution in [1.29, 1.82) is 0 Å². The lowest BCUT2D eigenvalue weighted by molar-refractivity contribution is -0.384. The summed E-state index contributed by atoms with van der Waals surface area (Å²) in [7, 11) is 0. The van der Waals surface area contributed by atoms with Crippen LogP contribution in [0.5, 0.6) is 0 Å². The average molecular weight is 300 g/mol. The first-order valence-electron chi connectivity index (χ1n) is 6.67. The van der Waals surface area contributed by atoms with Crippen LogP contribution in [0.25, 0.3) is 0 Å². The zero-order chi connectivity index (χ0) is 14.4. The molecule has 7 heteroatoms. The maximum atomic E-state index is 10.6. The van der Waals surface area contributed by atoms with E-state index in [1.54, 1.807) is 6.07 Å². The highest BCUT2D eigenvalue weighted by Crippen LogP contribution is 2.26. The van der Waals surface area contributed by atoms with E-state index in [-0.39, 0.29) is 5.69 Å². The molecule has 0 bridgehead atoms. The summed E-state index contributed by atoms with van der Waals surface area (Å²) in [5.41, 5.74) is 0.678. The normalized spacial score (nSPS) is 16.1. The fraction of sp³-hybridized carbons (Fsp3) is 0.538. The van der Waals surface area contributed by atoms with Gasteiger partial charge < -0.3 is 15.4 Å². The van der Waals surface area contributed by atoms with Gasteiger partial charge in [0.25, 0.3) is 5.69 Å². The Morgan fingerprint density at radius 1 is 1.45 bits per heavy atom. The number of ether oxygens (including phenoxy) is 1. The number of halogens is 1. The summed E-state index contributed by atoms with van der Waals surface area (Å²) < 4.78 is 5.75. The van der Waals surface area contributed by atoms with Crippen molar-refractivity contribution in [3.8, 4) is 0 Å². The van der Waals surface area contributed by atoms with E-state index in [1.807, 2.05) is 0 Å². The highest BCUT2D eigenvalue weighted by Gasteiger charge is 2.13. The summed E-state index contributed by atoms with van der Waals surface area (Å²) in [6.45, 7) is 3.23. The molecule has 1 fully saturated rings. The second-order valence-corrected chi connectivity index (χ2v) is 5.08. The van der Waals surface area contributed by atoms with Crippen LogP contribution < -0.4 is 10.6 Å². The van der Waals surface area contributed by atoms with Gasteiger partial charge in [-0.2, -0.15) is 0 Å². The molecule has 0 aromatic heterocycles. The molecule has 20 heavy (non-hydrogen) atoms. The summed E-state index contributed by atoms with van der Waals surface area (Å²) in [4.78, 5) is 10.1. The molecule has 0 saturated carbocycles. The van der Waals surface area contributed by atoms with Crippen LogP contribution in [0, 0.1) is 10.1 Å². The number of nitrogens with one attached hydrogen (secondary N) is 2. The highest BCUT2D eigenvalue weighted by molar-refractivity contribution is 6.33. The number of nitrogens with zero attached hydrogens (tertiary/aromatic N) is 1. The number of benzene rings is 1. The summed E-state index contributed by atoms with van der Waals surface area (Å²) in [6, 6.07) is 4.39. The van der Waals surface area contributed by atoms with E-state index in [1.165, 1.54) is 12.1 Å². The lowest BCUT2D eigenvalue weighted by atomic mass is 10.1. The van der Waals surface area contributed by atoms with Crippen molar-refractivity contribution < 1.29 is 9.66 Å². The maximum absolute atomic E-state index is 10.6. The molecular weight excluding hydrogens is 282 g/mol. The minimum Gasteiger partial charge on any atom is -0.382 e. The lowest BCUT2D eigenvalue weighted by Crippen LogP contribution is -2.33. The van der Waals surface area contributed by atoms with Crippen LogP contribution in [0.2, 0.25) is 5.02 Å². The van der Waals surface area contributed by atoms with Crippen molar-refractivity contribution >= 4 is 23.0 Å². The number of hydrogen-bond donors (Lipinski definition) is 2. The smallest absolute Gasteiger partial charge is 0.271 e. The Bertz CT molecular complexity index is 464. The Labute approximate surface area is 122 Å². The molecule has 0 spiro atoms. The van der Waals surface area contributed by atoms with E-state index >= 15 is 0 Å². The molecule has 1 saturated heterocycles. The molecule has 1 aromatic rings. The molecule has 0 radical (unpaired) electrons. The molecule has 0 unspecified atom stereocenters. The largest absolute Gasteiger partial charge is 0.382 e. The number of hydrogen-bond acceptors (Lipinski definition) is 5. The number of non-ortho nitro benzene ring substituents is 1. The van der Waals surface area contributed by atoms with E-state index in [4.69, 9.17) is 16.3 Å². The lowest BCUT2D eigenvalue weighted by Gasteiger charge is -2.23. The van der Waals surface area contributed by atoms with Crippen molar-refractivity contribution in [2.75, 3.05) is 31.6 Å². The van der Waals surface area contributed by atoms with Crippen LogP contribution in [-0.2, 0) is 4.74 Å². The topological polar surface area (TPSA) is 76.4 Å². The molecule has 1 aliphatic rings. The second-order valence-electron chi connectivity index (χ2n) is 4.67. The molecule has 110 valence electrons. The molecule has 1 heterocycles. The van der Waals surface area contributed by atoms with Crippen LogP contribution in [0.4, 0.5) is 11.4 Å². The number of anilines is 1. The second kappa shape index (κ2) is 7.42. The van der Waals surface area contributed by atoms with Gasteiger partial charge >= 0.3 is 0 Å². The van der Waals surface area contributed by atoms with Gasteiger partial charge in [-0.05, 0) is 32.0 Å². The van der Waals surface area contributed by atoms with Gasteiger partial charge in [0, 0.05) is 18.7 Å². The number of piperidine rings is 1. The van der Waals surface area contributed by atoms with Gasteiger partial charge in [0.15, 0.2) is 0 Å². The van der Waals surface area contributed by atoms with Crippen molar-refractivity contribution in [2.45, 2.75) is 18.9 Å². The first-order valence-corrected chi connectivity index (χ1v) is 7.05. The Morgan fingerprint density at radius 2 is 2.20 bits per heavy atom. The highest BCUT2D eigenvalue weighted by atomic mass is 35.5. The molecule has 2 N–H and O–H groups in total. The van der Waals surface area contributed by atoms with Gasteiger partial charge in [-0.15, -0.1) is 0 Å². The van der Waals surface area contributed by atoms with Crippen LogP contribution in [0.3, 0.4) is 0 Å². The first kappa shape index (κ1) is 15.0. The van der Waals surface area contributed by atoms with Gasteiger partial charge in [-0.3, -0.25) is 10.1 Å². The van der Waals surface area contributed by atoms with E-state index in [0.29, 0.717) is 30.0 Å². The quantitative estimate of drug-likeness (QED) is 0.479. The van der Waals surface area contributed by atoms with Crippen molar-refractivity contribution in [3.05, 3.63) is 33.3 Å². The SMILES string of the molecule is O=[N+]([O-])c1ccc(NCCOC2CCNCC2)c(Cl)c1. The van der Waals surface area contributed by atoms with Crippen LogP contribution in [0.15, 0.2) is 18.2 Å². The van der Waals surface area contributed by atoms with E-state index in [0.717, 1.165) is 25.9 Å². The zero-order valence-corrected chi connectivity index (χ0v) is 11.9. The third-order valence-corrected chi connectivity index (χ3v) is 3.53. The van der Waals surface area contributed by atoms with Crippen molar-refractivity contribution in [3.63, 3.8) is 0 Å².